The largest absolute Gasteiger partial charge is 0.115 e. The Morgan fingerprint density at radius 2 is 1.73 bits per heavy atom. The molecule has 0 aliphatic rings. The van der Waals surface area contributed by atoms with E-state index in [2.05, 4.69) is 41.3 Å². The molecule has 11 heavy (non-hydrogen) atoms. The molecule has 1 heteroatoms. The highest BCUT2D eigenvalue weighted by Gasteiger charge is 2.21. The first-order valence-electron chi connectivity index (χ1n) is 4.31. The molecule has 0 nitrogen and oxygen atoms in total. The van der Waals surface area contributed by atoms with Gasteiger partial charge in [-0.05, 0) is 33.9 Å². The van der Waals surface area contributed by atoms with Gasteiger partial charge in [0.15, 0.2) is 0 Å². The molecule has 0 rings (SSSR count). The average Bonchev–Trinajstić information content (AvgIpc) is 2.01. The van der Waals surface area contributed by atoms with Gasteiger partial charge >= 0.3 is 0 Å². The Bertz CT molecular complexity index is 148. The van der Waals surface area contributed by atoms with Crippen LogP contribution in [-0.2, 0) is 0 Å². The van der Waals surface area contributed by atoms with Crippen molar-refractivity contribution in [1.29, 1.82) is 0 Å². The summed E-state index contributed by atoms with van der Waals surface area (Å²) in [7, 11) is 1.02. The van der Waals surface area contributed by atoms with Crippen LogP contribution in [-0.4, -0.2) is 11.8 Å². The smallest absolute Gasteiger partial charge is 0.00515 e. The predicted molar refractivity (Wildman–Crippen MR) is 57.0 cm³/mol. The molecular formula is C10H21P. The first kappa shape index (κ1) is 11.2. The molecule has 0 bridgehead atoms. The summed E-state index contributed by atoms with van der Waals surface area (Å²) in [5, 5.41) is 0.471. The monoisotopic (exact) mass is 172 g/mol. The van der Waals surface area contributed by atoms with Crippen LogP contribution in [0.1, 0.15) is 41.0 Å². The summed E-state index contributed by atoms with van der Waals surface area (Å²) in [4.78, 5) is 0. The third-order valence-electron chi connectivity index (χ3n) is 2.84. The van der Waals surface area contributed by atoms with E-state index in [9.17, 15) is 0 Å². The summed E-state index contributed by atoms with van der Waals surface area (Å²) < 4.78 is 0. The lowest BCUT2D eigenvalue weighted by Gasteiger charge is -2.29. The fourth-order valence-corrected chi connectivity index (χ4v) is 2.16. The summed E-state index contributed by atoms with van der Waals surface area (Å²) in [5.74, 6) is 0. The standard InChI is InChI=1S/C10H21P/c1-7-10(5,11-6)9(4)8(2)3/h11H,7H2,1-6H3. The van der Waals surface area contributed by atoms with Gasteiger partial charge in [-0.2, -0.15) is 0 Å². The lowest BCUT2D eigenvalue weighted by atomic mass is 9.95. The van der Waals surface area contributed by atoms with E-state index < -0.39 is 0 Å². The maximum atomic E-state index is 2.37. The Morgan fingerprint density at radius 3 is 1.82 bits per heavy atom. The summed E-state index contributed by atoms with van der Waals surface area (Å²) in [6, 6.07) is 0. The van der Waals surface area contributed by atoms with Crippen molar-refractivity contribution in [2.45, 2.75) is 46.2 Å². The molecule has 0 amide bonds. The number of allylic oxidation sites excluding steroid dienone is 2. The molecule has 0 aliphatic carbocycles. The molecule has 2 atom stereocenters. The van der Waals surface area contributed by atoms with E-state index in [0.29, 0.717) is 5.16 Å². The van der Waals surface area contributed by atoms with Crippen LogP contribution in [0.25, 0.3) is 0 Å². The Morgan fingerprint density at radius 1 is 1.27 bits per heavy atom. The SMILES string of the molecule is CCC(C)(PC)C(C)=C(C)C. The maximum absolute atomic E-state index is 2.37. The van der Waals surface area contributed by atoms with Crippen molar-refractivity contribution in [1.82, 2.24) is 0 Å². The minimum atomic E-state index is 0.471. The normalized spacial score (nSPS) is 16.9. The second kappa shape index (κ2) is 4.26. The van der Waals surface area contributed by atoms with E-state index in [-0.39, 0.29) is 0 Å². The second-order valence-corrected chi connectivity index (χ2v) is 5.16. The topological polar surface area (TPSA) is 0 Å². The molecule has 0 radical (unpaired) electrons. The Hall–Kier alpha value is 0.170. The molecule has 0 fully saturated rings. The third-order valence-corrected chi connectivity index (χ3v) is 4.67. The average molecular weight is 172 g/mol. The first-order chi connectivity index (χ1) is 4.98. The van der Waals surface area contributed by atoms with Crippen LogP contribution >= 0.6 is 8.58 Å². The minimum absolute atomic E-state index is 0.471. The molecule has 0 aromatic rings. The van der Waals surface area contributed by atoms with Crippen LogP contribution in [0.2, 0.25) is 0 Å². The number of hydrogen-bond donors (Lipinski definition) is 0. The van der Waals surface area contributed by atoms with Gasteiger partial charge in [-0.1, -0.05) is 25.0 Å². The minimum Gasteiger partial charge on any atom is -0.115 e. The van der Waals surface area contributed by atoms with E-state index >= 15 is 0 Å². The number of rotatable bonds is 3. The zero-order valence-electron chi connectivity index (χ0n) is 8.71. The summed E-state index contributed by atoms with van der Waals surface area (Å²) in [6.07, 6.45) is 1.26. The van der Waals surface area contributed by atoms with Crippen LogP contribution in [0.5, 0.6) is 0 Å². The van der Waals surface area contributed by atoms with Gasteiger partial charge in [-0.15, -0.1) is 8.58 Å². The predicted octanol–water partition coefficient (Wildman–Crippen LogP) is 3.82. The van der Waals surface area contributed by atoms with Crippen molar-refractivity contribution in [2.24, 2.45) is 0 Å². The molecule has 0 saturated heterocycles. The van der Waals surface area contributed by atoms with Crippen molar-refractivity contribution in [3.05, 3.63) is 11.1 Å². The van der Waals surface area contributed by atoms with Gasteiger partial charge in [0.25, 0.3) is 0 Å². The fraction of sp³-hybridized carbons (Fsp3) is 0.800. The molecule has 0 saturated carbocycles. The van der Waals surface area contributed by atoms with E-state index in [1.54, 1.807) is 5.57 Å². The molecule has 0 aromatic heterocycles. The zero-order valence-corrected chi connectivity index (χ0v) is 9.71. The highest BCUT2D eigenvalue weighted by molar-refractivity contribution is 7.39. The molecule has 66 valence electrons. The van der Waals surface area contributed by atoms with E-state index in [1.165, 1.54) is 12.0 Å². The molecule has 0 aliphatic heterocycles. The van der Waals surface area contributed by atoms with Gasteiger partial charge in [0.05, 0.1) is 0 Å². The summed E-state index contributed by atoms with van der Waals surface area (Å²) in [5.41, 5.74) is 3.07. The van der Waals surface area contributed by atoms with Gasteiger partial charge in [0.2, 0.25) is 0 Å². The van der Waals surface area contributed by atoms with Crippen LogP contribution in [0.4, 0.5) is 0 Å². The summed E-state index contributed by atoms with van der Waals surface area (Å²) in [6.45, 7) is 13.6. The van der Waals surface area contributed by atoms with Crippen molar-refractivity contribution in [2.75, 3.05) is 6.66 Å². The van der Waals surface area contributed by atoms with Crippen molar-refractivity contribution < 1.29 is 0 Å². The van der Waals surface area contributed by atoms with Crippen molar-refractivity contribution in [3.63, 3.8) is 0 Å². The highest BCUT2D eigenvalue weighted by atomic mass is 31.1. The Labute approximate surface area is 73.2 Å². The Kier molecular flexibility index (Phi) is 4.32. The third kappa shape index (κ3) is 2.60. The van der Waals surface area contributed by atoms with Gasteiger partial charge in [0, 0.05) is 5.16 Å². The lowest BCUT2D eigenvalue weighted by Crippen LogP contribution is -2.19. The Balaban J connectivity index is 4.64. The molecule has 0 aromatic carbocycles. The van der Waals surface area contributed by atoms with Crippen LogP contribution in [0, 0.1) is 0 Å². The van der Waals surface area contributed by atoms with Gasteiger partial charge < -0.3 is 0 Å². The van der Waals surface area contributed by atoms with Gasteiger partial charge in [-0.3, -0.25) is 0 Å². The molecular weight excluding hydrogens is 151 g/mol. The van der Waals surface area contributed by atoms with Crippen molar-refractivity contribution in [3.8, 4) is 0 Å². The maximum Gasteiger partial charge on any atom is 0.00515 e. The quantitative estimate of drug-likeness (QED) is 0.448. The van der Waals surface area contributed by atoms with Crippen LogP contribution in [0.3, 0.4) is 0 Å². The lowest BCUT2D eigenvalue weighted by molar-refractivity contribution is 0.698. The van der Waals surface area contributed by atoms with Crippen LogP contribution in [0.15, 0.2) is 11.1 Å². The van der Waals surface area contributed by atoms with Crippen LogP contribution < -0.4 is 0 Å². The molecule has 0 spiro atoms. The molecule has 2 unspecified atom stereocenters. The molecule has 0 N–H and O–H groups in total. The van der Waals surface area contributed by atoms with Crippen molar-refractivity contribution >= 4 is 8.58 Å². The second-order valence-electron chi connectivity index (χ2n) is 3.56. The highest BCUT2D eigenvalue weighted by Crippen LogP contribution is 2.39. The van der Waals surface area contributed by atoms with Gasteiger partial charge in [-0.25, -0.2) is 0 Å². The molecule has 0 heterocycles. The van der Waals surface area contributed by atoms with E-state index in [1.807, 2.05) is 0 Å². The zero-order chi connectivity index (χ0) is 9.07. The summed E-state index contributed by atoms with van der Waals surface area (Å²) >= 11 is 0. The first-order valence-corrected chi connectivity index (χ1v) is 5.81. The van der Waals surface area contributed by atoms with E-state index in [4.69, 9.17) is 0 Å². The van der Waals surface area contributed by atoms with Gasteiger partial charge in [0.1, 0.15) is 0 Å². The van der Waals surface area contributed by atoms with E-state index in [0.717, 1.165) is 8.58 Å². The number of hydrogen-bond acceptors (Lipinski definition) is 0. The fourth-order valence-electron chi connectivity index (χ4n) is 1.18.